The van der Waals surface area contributed by atoms with E-state index in [0.29, 0.717) is 12.1 Å². The third kappa shape index (κ3) is 2.84. The number of anilines is 1. The Morgan fingerprint density at radius 1 is 1.20 bits per heavy atom. The summed E-state index contributed by atoms with van der Waals surface area (Å²) in [6.45, 7) is 1.64. The minimum atomic E-state index is -0.247. The summed E-state index contributed by atoms with van der Waals surface area (Å²) < 4.78 is 0. The summed E-state index contributed by atoms with van der Waals surface area (Å²) in [7, 11) is 0. The summed E-state index contributed by atoms with van der Waals surface area (Å²) in [4.78, 5) is 2.22. The number of rotatable bonds is 1. The van der Waals surface area contributed by atoms with Crippen LogP contribution in [0.3, 0.4) is 0 Å². The molecule has 20 heavy (non-hydrogen) atoms. The minimum Gasteiger partial charge on any atom is -1.00 e. The molecule has 2 aromatic carbocycles. The van der Waals surface area contributed by atoms with Gasteiger partial charge in [0, 0.05) is 29.5 Å². The van der Waals surface area contributed by atoms with Gasteiger partial charge in [0.1, 0.15) is 0 Å². The van der Waals surface area contributed by atoms with Crippen molar-refractivity contribution in [1.29, 1.82) is 5.26 Å². The van der Waals surface area contributed by atoms with Gasteiger partial charge in [-0.2, -0.15) is 5.26 Å². The molecule has 1 saturated heterocycles. The minimum absolute atomic E-state index is 0. The third-order valence-electron chi connectivity index (χ3n) is 3.76. The van der Waals surface area contributed by atoms with E-state index < -0.39 is 0 Å². The van der Waals surface area contributed by atoms with Gasteiger partial charge in [-0.3, -0.25) is 0 Å². The molecule has 1 unspecified atom stereocenters. The van der Waals surface area contributed by atoms with Gasteiger partial charge < -0.3 is 11.4 Å². The summed E-state index contributed by atoms with van der Waals surface area (Å²) in [5, 5.41) is 21.1. The molecule has 0 aliphatic carbocycles. The molecule has 1 aliphatic heterocycles. The van der Waals surface area contributed by atoms with Crippen LogP contribution in [-0.2, 0) is 0 Å². The molecular formula is C16H17N2NaO. The molecule has 1 aliphatic rings. The third-order valence-corrected chi connectivity index (χ3v) is 3.76. The molecule has 0 bridgehead atoms. The largest absolute Gasteiger partial charge is 1.00 e. The van der Waals surface area contributed by atoms with E-state index in [2.05, 4.69) is 11.0 Å². The summed E-state index contributed by atoms with van der Waals surface area (Å²) in [6, 6.07) is 14.1. The van der Waals surface area contributed by atoms with E-state index >= 15 is 0 Å². The van der Waals surface area contributed by atoms with Crippen molar-refractivity contribution in [2.24, 2.45) is 0 Å². The van der Waals surface area contributed by atoms with Crippen LogP contribution < -0.4 is 34.5 Å². The first kappa shape index (κ1) is 15.3. The quantitative estimate of drug-likeness (QED) is 0.733. The van der Waals surface area contributed by atoms with E-state index in [1.54, 1.807) is 0 Å². The molecule has 1 atom stereocenters. The van der Waals surface area contributed by atoms with Crippen molar-refractivity contribution < 1.29 is 36.1 Å². The van der Waals surface area contributed by atoms with Crippen molar-refractivity contribution in [3.63, 3.8) is 0 Å². The topological polar surface area (TPSA) is 47.3 Å². The maximum absolute atomic E-state index is 9.82. The molecule has 3 rings (SSSR count). The number of aliphatic hydroxyl groups is 1. The number of aliphatic hydroxyl groups excluding tert-OH is 1. The van der Waals surface area contributed by atoms with Gasteiger partial charge in [0.05, 0.1) is 17.7 Å². The van der Waals surface area contributed by atoms with Crippen LogP contribution in [0, 0.1) is 11.3 Å². The second kappa shape index (κ2) is 6.60. The summed E-state index contributed by atoms with van der Waals surface area (Å²) in [5.41, 5.74) is 1.82. The molecule has 0 spiro atoms. The van der Waals surface area contributed by atoms with Crippen LogP contribution >= 0.6 is 0 Å². The molecule has 4 heteroatoms. The Balaban J connectivity index is 0.00000110. The van der Waals surface area contributed by atoms with E-state index in [1.807, 2.05) is 36.4 Å². The van der Waals surface area contributed by atoms with Crippen molar-refractivity contribution in [3.05, 3.63) is 42.0 Å². The van der Waals surface area contributed by atoms with Crippen molar-refractivity contribution in [3.8, 4) is 6.07 Å². The smallest absolute Gasteiger partial charge is 1.00 e. The van der Waals surface area contributed by atoms with Gasteiger partial charge >= 0.3 is 29.6 Å². The summed E-state index contributed by atoms with van der Waals surface area (Å²) in [6.07, 6.45) is 1.64. The summed E-state index contributed by atoms with van der Waals surface area (Å²) >= 11 is 0. The van der Waals surface area contributed by atoms with Gasteiger partial charge in [-0.1, -0.05) is 24.3 Å². The van der Waals surface area contributed by atoms with Crippen LogP contribution in [0.1, 0.15) is 19.8 Å². The fourth-order valence-electron chi connectivity index (χ4n) is 2.83. The molecule has 98 valence electrons. The van der Waals surface area contributed by atoms with Gasteiger partial charge in [-0.25, -0.2) is 0 Å². The number of nitrogens with zero attached hydrogens (tertiary/aromatic N) is 2. The van der Waals surface area contributed by atoms with E-state index in [-0.39, 0.29) is 37.1 Å². The molecule has 1 N–H and O–H groups in total. The van der Waals surface area contributed by atoms with Crippen molar-refractivity contribution >= 4 is 16.5 Å². The number of fused-ring (bicyclic) bond motifs is 1. The molecule has 0 saturated carbocycles. The fraction of sp³-hybridized carbons (Fsp3) is 0.312. The molecule has 1 heterocycles. The van der Waals surface area contributed by atoms with E-state index in [0.717, 1.165) is 35.8 Å². The van der Waals surface area contributed by atoms with Crippen LogP contribution in [0.5, 0.6) is 0 Å². The number of hydrogen-bond donors (Lipinski definition) is 1. The van der Waals surface area contributed by atoms with Crippen molar-refractivity contribution in [1.82, 2.24) is 0 Å². The first-order valence-corrected chi connectivity index (χ1v) is 6.64. The molecule has 2 aromatic rings. The predicted octanol–water partition coefficient (Wildman–Crippen LogP) is -0.211. The second-order valence-corrected chi connectivity index (χ2v) is 5.03. The molecule has 0 radical (unpaired) electrons. The monoisotopic (exact) mass is 276 g/mol. The normalized spacial score (nSPS) is 18.4. The predicted molar refractivity (Wildman–Crippen MR) is 77.2 cm³/mol. The van der Waals surface area contributed by atoms with Crippen molar-refractivity contribution in [2.45, 2.75) is 18.9 Å². The zero-order chi connectivity index (χ0) is 13.2. The van der Waals surface area contributed by atoms with Gasteiger partial charge in [-0.05, 0) is 25.0 Å². The molecule has 0 aromatic heterocycles. The Bertz CT molecular complexity index is 656. The zero-order valence-electron chi connectivity index (χ0n) is 12.7. The summed E-state index contributed by atoms with van der Waals surface area (Å²) in [5.74, 6) is 0. The first-order chi connectivity index (χ1) is 9.29. The molecule has 1 fully saturated rings. The zero-order valence-corrected chi connectivity index (χ0v) is 13.7. The fourth-order valence-corrected chi connectivity index (χ4v) is 2.83. The Kier molecular flexibility index (Phi) is 5.06. The van der Waals surface area contributed by atoms with E-state index in [9.17, 15) is 10.4 Å². The Morgan fingerprint density at radius 2 is 1.95 bits per heavy atom. The van der Waals surface area contributed by atoms with Crippen LogP contribution in [0.25, 0.3) is 10.8 Å². The average molecular weight is 276 g/mol. The number of hydrogen-bond acceptors (Lipinski definition) is 3. The van der Waals surface area contributed by atoms with Crippen LogP contribution in [0.4, 0.5) is 5.69 Å². The Morgan fingerprint density at radius 3 is 2.65 bits per heavy atom. The van der Waals surface area contributed by atoms with Gasteiger partial charge in [-0.15, -0.1) is 0 Å². The van der Waals surface area contributed by atoms with Crippen LogP contribution in [0.15, 0.2) is 36.4 Å². The number of piperidine rings is 1. The van der Waals surface area contributed by atoms with Gasteiger partial charge in [0.2, 0.25) is 0 Å². The number of nitriles is 1. The molecule has 3 nitrogen and oxygen atoms in total. The SMILES string of the molecule is N#Cc1ccc(N2CCCC(O)C2)c2ccccc12.[H-].[Na+]. The number of β-amino-alcohol motifs (C(OH)–C–C–N with tert-alkyl or cyclic N) is 1. The standard InChI is InChI=1S/C16H16N2O.Na.H/c17-10-12-7-8-16(15-6-2-1-5-14(12)15)18-9-3-4-13(19)11-18;;/h1-2,5-8,13,19H,3-4,9,11H2;;/q;+1;-1. The maximum Gasteiger partial charge on any atom is 1.00 e. The molecule has 0 amide bonds. The Labute approximate surface area is 142 Å². The van der Waals surface area contributed by atoms with Crippen LogP contribution in [0.2, 0.25) is 0 Å². The van der Waals surface area contributed by atoms with Gasteiger partial charge in [0.15, 0.2) is 0 Å². The first-order valence-electron chi connectivity index (χ1n) is 6.64. The van der Waals surface area contributed by atoms with E-state index in [1.165, 1.54) is 0 Å². The van der Waals surface area contributed by atoms with Crippen LogP contribution in [-0.4, -0.2) is 24.3 Å². The number of benzene rings is 2. The average Bonchev–Trinajstić information content (AvgIpc) is 2.46. The molecular weight excluding hydrogens is 259 g/mol. The second-order valence-electron chi connectivity index (χ2n) is 5.03. The van der Waals surface area contributed by atoms with Crippen molar-refractivity contribution in [2.75, 3.05) is 18.0 Å². The maximum atomic E-state index is 9.82. The van der Waals surface area contributed by atoms with E-state index in [4.69, 9.17) is 0 Å². The Hall–Kier alpha value is -1.05. The van der Waals surface area contributed by atoms with Gasteiger partial charge in [0.25, 0.3) is 0 Å².